The van der Waals surface area contributed by atoms with E-state index in [0.29, 0.717) is 28.0 Å². The van der Waals surface area contributed by atoms with E-state index in [1.807, 2.05) is 0 Å². The summed E-state index contributed by atoms with van der Waals surface area (Å²) in [5, 5.41) is 24.0. The van der Waals surface area contributed by atoms with Crippen molar-refractivity contribution in [3.05, 3.63) is 70.0 Å². The Kier molecular flexibility index (Phi) is 3.77. The molecule has 2 aromatic carbocycles. The molecule has 124 valence electrons. The number of nitrogens with zero attached hydrogens (tertiary/aromatic N) is 5. The van der Waals surface area contributed by atoms with Gasteiger partial charge >= 0.3 is 0 Å². The highest BCUT2D eigenvalue weighted by atomic mass is 32.2. The molecular weight excluding hydrogens is 345 g/mol. The summed E-state index contributed by atoms with van der Waals surface area (Å²) in [4.78, 5) is 10.3. The molecule has 0 unspecified atom stereocenters. The zero-order valence-corrected chi connectivity index (χ0v) is 13.5. The van der Waals surface area contributed by atoms with Crippen LogP contribution in [0.3, 0.4) is 0 Å². The predicted molar refractivity (Wildman–Crippen MR) is 91.2 cm³/mol. The minimum atomic E-state index is -0.449. The number of halogens is 1. The quantitative estimate of drug-likeness (QED) is 0.531. The van der Waals surface area contributed by atoms with E-state index < -0.39 is 10.7 Å². The van der Waals surface area contributed by atoms with Crippen molar-refractivity contribution in [1.29, 1.82) is 0 Å². The highest BCUT2D eigenvalue weighted by Crippen LogP contribution is 2.29. The van der Waals surface area contributed by atoms with E-state index in [-0.39, 0.29) is 5.69 Å². The number of thioether (sulfide) groups is 1. The maximum atomic E-state index is 14.1. The topological polar surface area (TPSA) is 86.2 Å². The second kappa shape index (κ2) is 6.10. The summed E-state index contributed by atoms with van der Waals surface area (Å²) < 4.78 is 15.6. The van der Waals surface area contributed by atoms with E-state index in [0.717, 1.165) is 5.56 Å². The number of aromatic nitrogens is 3. The number of fused-ring (bicyclic) bond motifs is 1. The minimum absolute atomic E-state index is 0.0184. The Bertz CT molecular complexity index is 1000. The van der Waals surface area contributed by atoms with Gasteiger partial charge in [0.2, 0.25) is 5.16 Å². The SMILES string of the molecule is O=[N+]([O-])c1ccc(C2=Nn3c(nnc3-c3ccccc3F)SC2)cc1. The summed E-state index contributed by atoms with van der Waals surface area (Å²) >= 11 is 1.43. The van der Waals surface area contributed by atoms with Gasteiger partial charge in [-0.3, -0.25) is 10.1 Å². The van der Waals surface area contributed by atoms with E-state index in [1.54, 1.807) is 30.3 Å². The molecule has 0 saturated carbocycles. The monoisotopic (exact) mass is 355 g/mol. The van der Waals surface area contributed by atoms with Crippen LogP contribution in [0.1, 0.15) is 5.56 Å². The number of nitro groups is 1. The van der Waals surface area contributed by atoms with Crippen LogP contribution in [0.25, 0.3) is 11.4 Å². The van der Waals surface area contributed by atoms with Gasteiger partial charge in [-0.15, -0.1) is 10.2 Å². The lowest BCUT2D eigenvalue weighted by atomic mass is 10.1. The van der Waals surface area contributed by atoms with Crippen LogP contribution in [-0.4, -0.2) is 31.3 Å². The number of nitro benzene ring substituents is 1. The van der Waals surface area contributed by atoms with Crippen molar-refractivity contribution in [2.75, 3.05) is 5.75 Å². The first-order valence-corrected chi connectivity index (χ1v) is 8.28. The molecule has 3 aromatic rings. The van der Waals surface area contributed by atoms with Crippen LogP contribution in [0.5, 0.6) is 0 Å². The van der Waals surface area contributed by atoms with Crippen molar-refractivity contribution < 1.29 is 9.31 Å². The Balaban J connectivity index is 1.76. The average molecular weight is 355 g/mol. The molecule has 4 rings (SSSR count). The van der Waals surface area contributed by atoms with E-state index in [9.17, 15) is 14.5 Å². The summed E-state index contributed by atoms with van der Waals surface area (Å²) in [5.41, 5.74) is 1.81. The van der Waals surface area contributed by atoms with Crippen LogP contribution in [0.4, 0.5) is 10.1 Å². The lowest BCUT2D eigenvalue weighted by molar-refractivity contribution is -0.384. The molecule has 0 N–H and O–H groups in total. The number of hydrogen-bond acceptors (Lipinski definition) is 6. The first-order chi connectivity index (χ1) is 12.1. The minimum Gasteiger partial charge on any atom is -0.258 e. The number of non-ortho nitro benzene ring substituents is 1. The highest BCUT2D eigenvalue weighted by molar-refractivity contribution is 7.99. The molecule has 0 aliphatic carbocycles. The smallest absolute Gasteiger partial charge is 0.258 e. The number of hydrogen-bond donors (Lipinski definition) is 0. The second-order valence-electron chi connectivity index (χ2n) is 5.24. The van der Waals surface area contributed by atoms with Crippen LogP contribution in [-0.2, 0) is 0 Å². The van der Waals surface area contributed by atoms with Crippen molar-refractivity contribution in [3.8, 4) is 11.4 Å². The van der Waals surface area contributed by atoms with Gasteiger partial charge in [0.05, 0.1) is 16.2 Å². The molecule has 2 heterocycles. The van der Waals surface area contributed by atoms with Gasteiger partial charge in [0, 0.05) is 17.9 Å². The third-order valence-electron chi connectivity index (χ3n) is 3.70. The van der Waals surface area contributed by atoms with Crippen LogP contribution < -0.4 is 0 Å². The van der Waals surface area contributed by atoms with E-state index >= 15 is 0 Å². The Hall–Kier alpha value is -3.07. The fourth-order valence-electron chi connectivity index (χ4n) is 2.46. The summed E-state index contributed by atoms with van der Waals surface area (Å²) in [5.74, 6) is 0.466. The maximum absolute atomic E-state index is 14.1. The molecule has 25 heavy (non-hydrogen) atoms. The van der Waals surface area contributed by atoms with Gasteiger partial charge < -0.3 is 0 Å². The summed E-state index contributed by atoms with van der Waals surface area (Å²) in [6, 6.07) is 12.5. The molecule has 1 aromatic heterocycles. The van der Waals surface area contributed by atoms with Crippen molar-refractivity contribution >= 4 is 23.2 Å². The molecule has 0 radical (unpaired) electrons. The molecule has 0 amide bonds. The van der Waals surface area contributed by atoms with Gasteiger partial charge in [-0.05, 0) is 29.8 Å². The van der Waals surface area contributed by atoms with Crippen molar-refractivity contribution in [2.24, 2.45) is 5.10 Å². The van der Waals surface area contributed by atoms with Crippen LogP contribution in [0, 0.1) is 15.9 Å². The summed E-state index contributed by atoms with van der Waals surface area (Å²) in [6.45, 7) is 0. The maximum Gasteiger partial charge on any atom is 0.269 e. The van der Waals surface area contributed by atoms with Gasteiger partial charge in [0.15, 0.2) is 5.82 Å². The predicted octanol–water partition coefficient (Wildman–Crippen LogP) is 3.35. The van der Waals surface area contributed by atoms with Crippen LogP contribution >= 0.6 is 11.8 Å². The first-order valence-electron chi connectivity index (χ1n) is 7.29. The first kappa shape index (κ1) is 15.5. The standard InChI is InChI=1S/C16H10FN5O2S/c17-13-4-2-1-3-12(13)15-18-19-16-21(15)20-14(9-25-16)10-5-7-11(8-6-10)22(23)24/h1-8H,9H2. The van der Waals surface area contributed by atoms with Crippen molar-refractivity contribution in [2.45, 2.75) is 5.16 Å². The molecule has 1 aliphatic rings. The zero-order valence-electron chi connectivity index (χ0n) is 12.7. The molecule has 0 bridgehead atoms. The molecule has 7 nitrogen and oxygen atoms in total. The van der Waals surface area contributed by atoms with E-state index in [2.05, 4.69) is 15.3 Å². The van der Waals surface area contributed by atoms with Gasteiger partial charge in [0.1, 0.15) is 5.82 Å². The fraction of sp³-hybridized carbons (Fsp3) is 0.0625. The van der Waals surface area contributed by atoms with Gasteiger partial charge in [-0.1, -0.05) is 23.9 Å². The normalized spacial score (nSPS) is 13.2. The molecular formula is C16H10FN5O2S. The summed E-state index contributed by atoms with van der Waals surface area (Å²) in [6.07, 6.45) is 0. The Labute approximate surface area is 145 Å². The Morgan fingerprint density at radius 3 is 2.60 bits per heavy atom. The molecule has 0 fully saturated rings. The Morgan fingerprint density at radius 2 is 1.88 bits per heavy atom. The third kappa shape index (κ3) is 2.78. The fourth-order valence-corrected chi connectivity index (χ4v) is 3.29. The summed E-state index contributed by atoms with van der Waals surface area (Å²) in [7, 11) is 0. The van der Waals surface area contributed by atoms with Crippen LogP contribution in [0.15, 0.2) is 58.8 Å². The van der Waals surface area contributed by atoms with Gasteiger partial charge in [0.25, 0.3) is 5.69 Å². The van der Waals surface area contributed by atoms with Crippen molar-refractivity contribution in [1.82, 2.24) is 14.9 Å². The third-order valence-corrected chi connectivity index (χ3v) is 4.63. The second-order valence-corrected chi connectivity index (χ2v) is 6.18. The molecule has 0 saturated heterocycles. The van der Waals surface area contributed by atoms with E-state index in [4.69, 9.17) is 0 Å². The van der Waals surface area contributed by atoms with Gasteiger partial charge in [-0.2, -0.15) is 9.78 Å². The zero-order chi connectivity index (χ0) is 17.4. The lowest BCUT2D eigenvalue weighted by Gasteiger charge is -2.14. The average Bonchev–Trinajstić information content (AvgIpc) is 3.05. The van der Waals surface area contributed by atoms with Crippen molar-refractivity contribution in [3.63, 3.8) is 0 Å². The van der Waals surface area contributed by atoms with Gasteiger partial charge in [-0.25, -0.2) is 4.39 Å². The lowest BCUT2D eigenvalue weighted by Crippen LogP contribution is -2.14. The highest BCUT2D eigenvalue weighted by Gasteiger charge is 2.22. The molecule has 1 aliphatic heterocycles. The largest absolute Gasteiger partial charge is 0.269 e. The van der Waals surface area contributed by atoms with Crippen LogP contribution in [0.2, 0.25) is 0 Å². The van der Waals surface area contributed by atoms with E-state index in [1.165, 1.54) is 34.6 Å². The number of rotatable bonds is 3. The molecule has 0 atom stereocenters. The molecule has 0 spiro atoms. The Morgan fingerprint density at radius 1 is 1.12 bits per heavy atom. The molecule has 9 heteroatoms. The number of benzene rings is 2.